The number of nitrogens with one attached hydrogen (secondary N) is 2. The van der Waals surface area contributed by atoms with Crippen LogP contribution in [-0.2, 0) is 50.9 Å². The van der Waals surface area contributed by atoms with Gasteiger partial charge in [-0.1, -0.05) is 76.3 Å². The van der Waals surface area contributed by atoms with Gasteiger partial charge in [-0.05, 0) is 89.2 Å². The number of rotatable bonds is 14. The molecule has 0 spiro atoms. The first-order valence-electron chi connectivity index (χ1n) is 30.5. The van der Waals surface area contributed by atoms with Gasteiger partial charge < -0.3 is 91.0 Å². The summed E-state index contributed by atoms with van der Waals surface area (Å²) in [6.07, 6.45) is 9.34. The van der Waals surface area contributed by atoms with E-state index in [0.29, 0.717) is 61.0 Å². The Morgan fingerprint density at radius 2 is 0.956 bits per heavy atom. The van der Waals surface area contributed by atoms with E-state index >= 15 is 0 Å². The fraction of sp³-hybridized carbons (Fsp3) is 0.545. The van der Waals surface area contributed by atoms with Crippen molar-refractivity contribution in [1.82, 2.24) is 9.80 Å². The maximum absolute atomic E-state index is 13.5. The molecule has 1 saturated heterocycles. The summed E-state index contributed by atoms with van der Waals surface area (Å²) in [5, 5.41) is 75.3. The minimum absolute atomic E-state index is 0.0247. The second-order valence-corrected chi connectivity index (χ2v) is 23.8. The Kier molecular flexibility index (Phi) is 28.7. The Balaban J connectivity index is 1.29. The topological polar surface area (TPSA) is 352 Å². The molecule has 24 nitrogen and oxygen atoms in total. The number of hydrogen-bond acceptors (Lipinski definition) is 20. The van der Waals surface area contributed by atoms with Crippen molar-refractivity contribution in [1.29, 1.82) is 0 Å². The number of primary amides is 2. The summed E-state index contributed by atoms with van der Waals surface area (Å²) in [4.78, 5) is 65.0. The Morgan fingerprint density at radius 3 is 1.28 bits per heavy atom. The van der Waals surface area contributed by atoms with E-state index in [-0.39, 0.29) is 81.6 Å². The van der Waals surface area contributed by atoms with Crippen molar-refractivity contribution in [3.05, 3.63) is 94.2 Å². The number of carbonyl (C=O) groups excluding carboxylic acids is 4. The number of phenols is 4. The second-order valence-electron chi connectivity index (χ2n) is 23.8. The summed E-state index contributed by atoms with van der Waals surface area (Å²) in [5.74, 6) is -3.67. The summed E-state index contributed by atoms with van der Waals surface area (Å²) in [6.45, 7) is 18.4. The molecule has 496 valence electrons. The molecule has 12 atom stereocenters. The predicted octanol–water partition coefficient (Wildman–Crippen LogP) is 7.93. The smallest absolute Gasteiger partial charge is 0.405 e. The Bertz CT molecular complexity index is 2840. The number of carbonyl (C=O) groups is 4. The maximum Gasteiger partial charge on any atom is 0.405 e. The number of nitrogens with two attached hydrogens (primary N) is 2. The van der Waals surface area contributed by atoms with Crippen LogP contribution in [0.4, 0.5) is 32.3 Å². The monoisotopic (exact) mass is 1260 g/mol. The maximum atomic E-state index is 13.5. The number of anilines is 2. The van der Waals surface area contributed by atoms with Crippen LogP contribution < -0.4 is 22.1 Å². The van der Waals surface area contributed by atoms with Gasteiger partial charge >= 0.3 is 12.2 Å². The molecule has 4 amide bonds. The molecule has 0 radical (unpaired) electrons. The zero-order valence-electron chi connectivity index (χ0n) is 54.1. The van der Waals surface area contributed by atoms with Gasteiger partial charge in [0, 0.05) is 126 Å². The van der Waals surface area contributed by atoms with Crippen molar-refractivity contribution in [3.8, 4) is 23.0 Å². The number of piperazine rings is 1. The number of allylic oxidation sites excluding steroid dienone is 4. The SMILES string of the molecule is CO[C@H]1C=CC=C(C)C(=O)Nc2cc(O)c(N=CCCN3CCN(CCC=Nc4c(O)cc5c(O)c4C[C@@H](C)C[C@H](OC)[C@H](O)[C@@H](C)C=C(C)[C@H](OC(N)=O)[C@@H](OC)C=CC=C(C)C(=O)N5)CC3)c(c2O)C[C@@H](C)C[C@H](OC)[C@H](O)[C@@H](C)C=C(C)[C@@H]1OC(N)=O. The van der Waals surface area contributed by atoms with E-state index in [9.17, 15) is 49.8 Å². The molecular formula is C66H96N8O16. The third-order valence-electron chi connectivity index (χ3n) is 16.7. The molecule has 2 aromatic rings. The minimum atomic E-state index is -1.02. The molecule has 0 aromatic heterocycles. The van der Waals surface area contributed by atoms with E-state index in [4.69, 9.17) is 49.9 Å². The lowest BCUT2D eigenvalue weighted by Gasteiger charge is -2.34. The van der Waals surface area contributed by atoms with Crippen LogP contribution in [0.25, 0.3) is 0 Å². The molecule has 3 aliphatic heterocycles. The standard InChI is InChI=1S/C66H96N8O16/c1-37-29-45-55(49(75)35-47(59(45)79)71-63(81)39(3)17-13-19-51(85-9)61(89-65(67)83)43(7)33-41(5)57(77)53(31-37)87-11)69-21-15-23-73-25-27-74(28-26-73)24-16-22-70-56-46-30-38(2)32-54(88-12)58(78)42(6)34-44(8)62(90-66(68)84)52(86-10)20-14-18-40(4)64(82)72-48(60(46)80)36-50(56)76/h13-14,17-22,33-38,41-42,51-54,57-58,61-62,75-80H,15-16,23-32H2,1-12H3,(H2,67,83)(H2,68,84)(H,71,81)(H,72,82)/t37-,38-,41+,42+,51+,52+,53+,54+,57-,58-,61+,62+/m1/s1. The second kappa shape index (κ2) is 35.3. The lowest BCUT2D eigenvalue weighted by molar-refractivity contribution is -0.113. The van der Waals surface area contributed by atoms with Crippen LogP contribution >= 0.6 is 0 Å². The highest BCUT2D eigenvalue weighted by atomic mass is 16.6. The number of fused-ring (bicyclic) bond motifs is 4. The van der Waals surface area contributed by atoms with E-state index in [2.05, 4.69) is 20.4 Å². The molecule has 2 aromatic carbocycles. The molecule has 0 aliphatic carbocycles. The molecular weight excluding hydrogens is 1160 g/mol. The van der Waals surface area contributed by atoms with Gasteiger partial charge in [-0.25, -0.2) is 9.59 Å². The number of aliphatic hydroxyl groups is 2. The summed E-state index contributed by atoms with van der Waals surface area (Å²) in [5.41, 5.74) is 13.4. The highest BCUT2D eigenvalue weighted by Gasteiger charge is 2.33. The summed E-state index contributed by atoms with van der Waals surface area (Å²) in [7, 11) is 5.86. The predicted molar refractivity (Wildman–Crippen MR) is 346 cm³/mol. The number of aromatic hydroxyl groups is 4. The number of ether oxygens (including phenoxy) is 6. The van der Waals surface area contributed by atoms with Gasteiger partial charge in [0.2, 0.25) is 0 Å². The normalized spacial score (nSPS) is 27.1. The number of hydrogen-bond donors (Lipinski definition) is 10. The molecule has 0 saturated carbocycles. The number of methoxy groups -OCH3 is 4. The van der Waals surface area contributed by atoms with Crippen molar-refractivity contribution in [3.63, 3.8) is 0 Å². The van der Waals surface area contributed by atoms with Crippen molar-refractivity contribution < 1.29 is 78.2 Å². The van der Waals surface area contributed by atoms with Crippen LogP contribution in [0, 0.1) is 23.7 Å². The first-order valence-corrected chi connectivity index (χ1v) is 30.5. The molecule has 12 N–H and O–H groups in total. The minimum Gasteiger partial charge on any atom is -0.506 e. The highest BCUT2D eigenvalue weighted by molar-refractivity contribution is 6.05. The van der Waals surface area contributed by atoms with Gasteiger partial charge in [0.1, 0.15) is 46.6 Å². The van der Waals surface area contributed by atoms with E-state index < -0.39 is 84.7 Å². The summed E-state index contributed by atoms with van der Waals surface area (Å²) >= 11 is 0. The van der Waals surface area contributed by atoms with Gasteiger partial charge in [-0.3, -0.25) is 19.6 Å². The molecule has 1 fully saturated rings. The number of aliphatic imine (C=N–C) groups is 2. The first kappa shape index (κ1) is 73.3. The van der Waals surface area contributed by atoms with E-state index in [1.54, 1.807) is 76.6 Å². The molecule has 3 aliphatic rings. The van der Waals surface area contributed by atoms with Crippen LogP contribution in [-0.4, -0.2) is 193 Å². The number of phenolic OH excluding ortho intramolecular Hbond substituents is 4. The molecule has 3 heterocycles. The van der Waals surface area contributed by atoms with Gasteiger partial charge in [-0.2, -0.15) is 0 Å². The van der Waals surface area contributed by atoms with Crippen LogP contribution in [0.2, 0.25) is 0 Å². The zero-order chi connectivity index (χ0) is 66.5. The summed E-state index contributed by atoms with van der Waals surface area (Å²) in [6, 6.07) is 2.52. The molecule has 4 bridgehead atoms. The van der Waals surface area contributed by atoms with Crippen molar-refractivity contribution in [2.24, 2.45) is 45.1 Å². The average molecular weight is 1260 g/mol. The fourth-order valence-electron chi connectivity index (χ4n) is 11.5. The highest BCUT2D eigenvalue weighted by Crippen LogP contribution is 2.46. The Hall–Kier alpha value is -7.42. The quantitative estimate of drug-likeness (QED) is 0.0371. The van der Waals surface area contributed by atoms with Crippen LogP contribution in [0.15, 0.2) is 93.0 Å². The average Bonchev–Trinajstić information content (AvgIpc) is 0.905. The zero-order valence-corrected chi connectivity index (χ0v) is 54.1. The van der Waals surface area contributed by atoms with Crippen LogP contribution in [0.5, 0.6) is 23.0 Å². The van der Waals surface area contributed by atoms with Gasteiger partial charge in [0.15, 0.2) is 12.2 Å². The van der Waals surface area contributed by atoms with Gasteiger partial charge in [-0.15, -0.1) is 0 Å². The van der Waals surface area contributed by atoms with Gasteiger partial charge in [0.05, 0.1) is 35.8 Å². The number of aliphatic hydroxyl groups excluding tert-OH is 2. The molecule has 90 heavy (non-hydrogen) atoms. The summed E-state index contributed by atoms with van der Waals surface area (Å²) < 4.78 is 33.9. The van der Waals surface area contributed by atoms with E-state index in [1.807, 2.05) is 27.7 Å². The Labute approximate surface area is 528 Å². The third-order valence-corrected chi connectivity index (χ3v) is 16.7. The lowest BCUT2D eigenvalue weighted by atomic mass is 9.87. The van der Waals surface area contributed by atoms with Gasteiger partial charge in [0.25, 0.3) is 11.8 Å². The molecule has 24 heteroatoms. The molecule has 5 rings (SSSR count). The van der Waals surface area contributed by atoms with Crippen molar-refractivity contribution in [2.45, 2.75) is 143 Å². The van der Waals surface area contributed by atoms with E-state index in [1.165, 1.54) is 52.7 Å². The fourth-order valence-corrected chi connectivity index (χ4v) is 11.5. The lowest BCUT2D eigenvalue weighted by Crippen LogP contribution is -2.46. The number of amides is 4. The van der Waals surface area contributed by atoms with Crippen molar-refractivity contribution in [2.75, 3.05) is 78.3 Å². The Morgan fingerprint density at radius 1 is 0.600 bits per heavy atom. The third kappa shape index (κ3) is 20.8. The largest absolute Gasteiger partial charge is 0.506 e. The number of benzene rings is 2. The van der Waals surface area contributed by atoms with Crippen LogP contribution in [0.1, 0.15) is 92.2 Å². The molecule has 0 unspecified atom stereocenters. The number of nitrogens with zero attached hydrogens (tertiary/aromatic N) is 4. The van der Waals surface area contributed by atoms with Crippen LogP contribution in [0.3, 0.4) is 0 Å². The van der Waals surface area contributed by atoms with E-state index in [0.717, 1.165) is 26.2 Å². The van der Waals surface area contributed by atoms with Crippen molar-refractivity contribution >= 4 is 59.2 Å². The first-order chi connectivity index (χ1) is 42.7.